The van der Waals surface area contributed by atoms with Crippen LogP contribution in [0.2, 0.25) is 0 Å². The molecule has 0 aliphatic heterocycles. The summed E-state index contributed by atoms with van der Waals surface area (Å²) < 4.78 is 31.4. The van der Waals surface area contributed by atoms with Gasteiger partial charge in [0.1, 0.15) is 5.75 Å². The zero-order chi connectivity index (χ0) is 14.8. The highest BCUT2D eigenvalue weighted by atomic mass is 32.2. The first-order chi connectivity index (χ1) is 9.45. The van der Waals surface area contributed by atoms with E-state index in [0.717, 1.165) is 5.56 Å². The second kappa shape index (κ2) is 5.54. The molecular formula is C15H17NO3S. The molecule has 4 nitrogen and oxygen atoms in total. The predicted molar refractivity (Wildman–Crippen MR) is 79.8 cm³/mol. The van der Waals surface area contributed by atoms with Crippen LogP contribution >= 0.6 is 0 Å². The number of aryl methyl sites for hydroxylation is 1. The number of hydrogen-bond donors (Lipinski definition) is 0. The van der Waals surface area contributed by atoms with Gasteiger partial charge in [-0.1, -0.05) is 23.8 Å². The average Bonchev–Trinajstić information content (AvgIpc) is 2.47. The van der Waals surface area contributed by atoms with E-state index in [9.17, 15) is 8.42 Å². The van der Waals surface area contributed by atoms with E-state index in [1.807, 2.05) is 6.92 Å². The van der Waals surface area contributed by atoms with Crippen molar-refractivity contribution >= 4 is 15.7 Å². The monoisotopic (exact) mass is 291 g/mol. The van der Waals surface area contributed by atoms with Crippen LogP contribution in [0.25, 0.3) is 0 Å². The van der Waals surface area contributed by atoms with Gasteiger partial charge in [-0.15, -0.1) is 0 Å². The molecule has 0 N–H and O–H groups in total. The minimum absolute atomic E-state index is 0.272. The van der Waals surface area contributed by atoms with Crippen LogP contribution in [-0.4, -0.2) is 22.6 Å². The molecule has 20 heavy (non-hydrogen) atoms. The van der Waals surface area contributed by atoms with Gasteiger partial charge < -0.3 is 4.74 Å². The normalized spacial score (nSPS) is 11.2. The lowest BCUT2D eigenvalue weighted by atomic mass is 10.2. The van der Waals surface area contributed by atoms with Crippen LogP contribution in [-0.2, 0) is 10.0 Å². The van der Waals surface area contributed by atoms with Crippen molar-refractivity contribution in [1.82, 2.24) is 0 Å². The van der Waals surface area contributed by atoms with Gasteiger partial charge in [0.05, 0.1) is 17.7 Å². The number of nitrogens with zero attached hydrogens (tertiary/aromatic N) is 1. The molecule has 0 saturated carbocycles. The first kappa shape index (κ1) is 14.4. The van der Waals surface area contributed by atoms with Crippen LogP contribution in [0.3, 0.4) is 0 Å². The van der Waals surface area contributed by atoms with E-state index in [2.05, 4.69) is 0 Å². The van der Waals surface area contributed by atoms with Crippen LogP contribution in [0.4, 0.5) is 5.69 Å². The molecule has 2 aromatic rings. The van der Waals surface area contributed by atoms with Crippen LogP contribution in [0, 0.1) is 6.92 Å². The average molecular weight is 291 g/mol. The Bertz CT molecular complexity index is 693. The summed E-state index contributed by atoms with van der Waals surface area (Å²) >= 11 is 0. The number of rotatable bonds is 4. The molecule has 0 heterocycles. The van der Waals surface area contributed by atoms with Crippen molar-refractivity contribution < 1.29 is 13.2 Å². The molecule has 0 bridgehead atoms. The van der Waals surface area contributed by atoms with E-state index >= 15 is 0 Å². The van der Waals surface area contributed by atoms with Crippen molar-refractivity contribution in [3.8, 4) is 5.75 Å². The third kappa shape index (κ3) is 2.77. The molecule has 0 saturated heterocycles. The van der Waals surface area contributed by atoms with E-state index in [1.165, 1.54) is 11.4 Å². The Balaban J connectivity index is 2.40. The molecule has 0 amide bonds. The summed E-state index contributed by atoms with van der Waals surface area (Å²) in [4.78, 5) is 0.272. The lowest BCUT2D eigenvalue weighted by molar-refractivity contribution is 0.415. The van der Waals surface area contributed by atoms with Crippen molar-refractivity contribution in [2.24, 2.45) is 0 Å². The fourth-order valence-electron chi connectivity index (χ4n) is 1.81. The number of sulfonamides is 1. The smallest absolute Gasteiger partial charge is 0.264 e. The first-order valence-corrected chi connectivity index (χ1v) is 7.59. The van der Waals surface area contributed by atoms with Crippen molar-refractivity contribution in [3.05, 3.63) is 54.1 Å². The molecule has 106 valence electrons. The predicted octanol–water partition coefficient (Wildman–Crippen LogP) is 2.83. The number of methoxy groups -OCH3 is 1. The Kier molecular flexibility index (Phi) is 3.99. The van der Waals surface area contributed by atoms with Crippen LogP contribution < -0.4 is 9.04 Å². The topological polar surface area (TPSA) is 46.6 Å². The molecule has 5 heteroatoms. The maximum absolute atomic E-state index is 12.5. The first-order valence-electron chi connectivity index (χ1n) is 6.15. The lowest BCUT2D eigenvalue weighted by Crippen LogP contribution is -2.26. The third-order valence-corrected chi connectivity index (χ3v) is 4.90. The largest absolute Gasteiger partial charge is 0.497 e. The third-order valence-electron chi connectivity index (χ3n) is 3.10. The van der Waals surface area contributed by atoms with Gasteiger partial charge in [-0.3, -0.25) is 4.31 Å². The molecular weight excluding hydrogens is 274 g/mol. The highest BCUT2D eigenvalue weighted by Crippen LogP contribution is 2.25. The Morgan fingerprint density at radius 3 is 2.30 bits per heavy atom. The van der Waals surface area contributed by atoms with Gasteiger partial charge >= 0.3 is 0 Å². The van der Waals surface area contributed by atoms with Crippen LogP contribution in [0.1, 0.15) is 5.56 Å². The minimum Gasteiger partial charge on any atom is -0.497 e. The zero-order valence-electron chi connectivity index (χ0n) is 11.7. The van der Waals surface area contributed by atoms with E-state index < -0.39 is 10.0 Å². The summed E-state index contributed by atoms with van der Waals surface area (Å²) in [6, 6.07) is 13.7. The second-order valence-corrected chi connectivity index (χ2v) is 6.46. The van der Waals surface area contributed by atoms with Crippen LogP contribution in [0.5, 0.6) is 5.75 Å². The second-order valence-electron chi connectivity index (χ2n) is 4.49. The molecule has 2 aromatic carbocycles. The summed E-state index contributed by atoms with van der Waals surface area (Å²) in [5, 5.41) is 0. The van der Waals surface area contributed by atoms with E-state index in [0.29, 0.717) is 11.4 Å². The van der Waals surface area contributed by atoms with Crippen molar-refractivity contribution in [2.75, 3.05) is 18.5 Å². The van der Waals surface area contributed by atoms with Gasteiger partial charge in [0.15, 0.2) is 0 Å². The lowest BCUT2D eigenvalue weighted by Gasteiger charge is -2.20. The zero-order valence-corrected chi connectivity index (χ0v) is 12.5. The van der Waals surface area contributed by atoms with E-state index in [4.69, 9.17) is 4.74 Å². The summed E-state index contributed by atoms with van der Waals surface area (Å²) in [6.45, 7) is 1.92. The molecule has 0 unspecified atom stereocenters. The van der Waals surface area contributed by atoms with Gasteiger partial charge in [-0.25, -0.2) is 8.42 Å². The van der Waals surface area contributed by atoms with Gasteiger partial charge in [-0.05, 0) is 31.2 Å². The fraction of sp³-hybridized carbons (Fsp3) is 0.200. The standard InChI is InChI=1S/C15H17NO3S/c1-12-7-9-15(10-8-12)20(17,18)16(2)13-5-4-6-14(11-13)19-3/h4-11H,1-3H3. The summed E-state index contributed by atoms with van der Waals surface area (Å²) in [5.74, 6) is 0.619. The molecule has 0 aliphatic rings. The molecule has 0 aliphatic carbocycles. The maximum atomic E-state index is 12.5. The van der Waals surface area contributed by atoms with Gasteiger partial charge in [-0.2, -0.15) is 0 Å². The van der Waals surface area contributed by atoms with Gasteiger partial charge in [0.25, 0.3) is 10.0 Å². The molecule has 0 radical (unpaired) electrons. The minimum atomic E-state index is -3.56. The van der Waals surface area contributed by atoms with Crippen molar-refractivity contribution in [3.63, 3.8) is 0 Å². The number of ether oxygens (including phenoxy) is 1. The summed E-state index contributed by atoms with van der Waals surface area (Å²) in [7, 11) is -0.475. The van der Waals surface area contributed by atoms with Crippen molar-refractivity contribution in [1.29, 1.82) is 0 Å². The van der Waals surface area contributed by atoms with Gasteiger partial charge in [0.2, 0.25) is 0 Å². The maximum Gasteiger partial charge on any atom is 0.264 e. The summed E-state index contributed by atoms with van der Waals surface area (Å²) in [6.07, 6.45) is 0. The number of hydrogen-bond acceptors (Lipinski definition) is 3. The highest BCUT2D eigenvalue weighted by molar-refractivity contribution is 7.92. The molecule has 0 spiro atoms. The van der Waals surface area contributed by atoms with Crippen LogP contribution in [0.15, 0.2) is 53.4 Å². The summed E-state index contributed by atoms with van der Waals surface area (Å²) in [5.41, 5.74) is 1.58. The SMILES string of the molecule is COc1cccc(N(C)S(=O)(=O)c2ccc(C)cc2)c1. The Hall–Kier alpha value is -2.01. The van der Waals surface area contributed by atoms with Crippen molar-refractivity contribution in [2.45, 2.75) is 11.8 Å². The molecule has 0 aromatic heterocycles. The highest BCUT2D eigenvalue weighted by Gasteiger charge is 2.21. The number of anilines is 1. The molecule has 2 rings (SSSR count). The van der Waals surface area contributed by atoms with E-state index in [1.54, 1.807) is 55.6 Å². The fourth-order valence-corrected chi connectivity index (χ4v) is 3.00. The Morgan fingerprint density at radius 1 is 1.05 bits per heavy atom. The Labute approximate surface area is 119 Å². The number of benzene rings is 2. The van der Waals surface area contributed by atoms with E-state index in [-0.39, 0.29) is 4.90 Å². The van der Waals surface area contributed by atoms with Gasteiger partial charge in [0, 0.05) is 13.1 Å². The molecule has 0 fully saturated rings. The quantitative estimate of drug-likeness (QED) is 0.870. The Morgan fingerprint density at radius 2 is 1.70 bits per heavy atom. The molecule has 0 atom stereocenters.